The van der Waals surface area contributed by atoms with Gasteiger partial charge in [-0.2, -0.15) is 0 Å². The Kier molecular flexibility index (Phi) is 1.51. The lowest BCUT2D eigenvalue weighted by atomic mass is 10.1. The van der Waals surface area contributed by atoms with Crippen LogP contribution < -0.4 is 5.73 Å². The molecule has 58 valence electrons. The van der Waals surface area contributed by atoms with Crippen molar-refractivity contribution in [3.8, 4) is 0 Å². The number of rotatable bonds is 1. The second-order valence-corrected chi connectivity index (χ2v) is 2.66. The third-order valence-electron chi connectivity index (χ3n) is 1.88. The summed E-state index contributed by atoms with van der Waals surface area (Å²) in [6, 6.07) is 3.81. The molecule has 3 nitrogen and oxygen atoms in total. The predicted molar refractivity (Wildman–Crippen MR) is 42.0 cm³/mol. The minimum atomic E-state index is 0.264. The second kappa shape index (κ2) is 2.51. The van der Waals surface area contributed by atoms with Crippen LogP contribution in [0, 0.1) is 0 Å². The summed E-state index contributed by atoms with van der Waals surface area (Å²) in [5, 5.41) is 0. The van der Waals surface area contributed by atoms with Gasteiger partial charge in [-0.05, 0) is 17.7 Å². The number of nitrogens with zero attached hydrogens (tertiary/aromatic N) is 1. The zero-order valence-corrected chi connectivity index (χ0v) is 6.16. The van der Waals surface area contributed by atoms with Crippen LogP contribution in [0.15, 0.2) is 18.3 Å². The minimum absolute atomic E-state index is 0.264. The molecule has 1 aromatic rings. The molecule has 11 heavy (non-hydrogen) atoms. The van der Waals surface area contributed by atoms with Crippen molar-refractivity contribution in [1.82, 2.24) is 4.98 Å². The maximum Gasteiger partial charge on any atom is 0.123 e. The molecule has 0 radical (unpaired) electrons. The first-order valence-corrected chi connectivity index (χ1v) is 3.69. The van der Waals surface area contributed by atoms with E-state index in [4.69, 9.17) is 10.5 Å². The van der Waals surface area contributed by atoms with Gasteiger partial charge in [-0.25, -0.2) is 4.98 Å². The highest BCUT2D eigenvalue weighted by Gasteiger charge is 2.19. The molecule has 2 heterocycles. The molecular formula is C8H10N2O. The number of nitrogen functional groups attached to an aromatic ring is 1. The molecular weight excluding hydrogens is 140 g/mol. The maximum absolute atomic E-state index is 5.51. The Hall–Kier alpha value is -1.09. The molecule has 2 N–H and O–H groups in total. The second-order valence-electron chi connectivity index (χ2n) is 2.66. The number of nitrogens with two attached hydrogens (primary N) is 1. The first-order valence-electron chi connectivity index (χ1n) is 3.69. The monoisotopic (exact) mass is 150 g/mol. The van der Waals surface area contributed by atoms with Crippen LogP contribution in [0.3, 0.4) is 0 Å². The zero-order chi connectivity index (χ0) is 7.68. The molecule has 2 rings (SSSR count). The van der Waals surface area contributed by atoms with E-state index in [1.54, 1.807) is 6.20 Å². The van der Waals surface area contributed by atoms with Gasteiger partial charge in [0, 0.05) is 12.6 Å². The SMILES string of the molecule is Nc1cc(C2CCO2)ccn1. The maximum atomic E-state index is 5.51. The molecule has 1 fully saturated rings. The van der Waals surface area contributed by atoms with Crippen LogP contribution in [0.25, 0.3) is 0 Å². The fourth-order valence-electron chi connectivity index (χ4n) is 1.16. The average Bonchev–Trinajstić information content (AvgIpc) is 1.83. The largest absolute Gasteiger partial charge is 0.384 e. The van der Waals surface area contributed by atoms with Crippen molar-refractivity contribution >= 4 is 5.82 Å². The van der Waals surface area contributed by atoms with E-state index in [9.17, 15) is 0 Å². The molecule has 1 aliphatic rings. The van der Waals surface area contributed by atoms with Gasteiger partial charge in [-0.15, -0.1) is 0 Å². The molecule has 0 aliphatic carbocycles. The quantitative estimate of drug-likeness (QED) is 0.652. The Labute approximate surface area is 65.2 Å². The van der Waals surface area contributed by atoms with Gasteiger partial charge in [0.15, 0.2) is 0 Å². The van der Waals surface area contributed by atoms with Crippen LogP contribution in [0.2, 0.25) is 0 Å². The lowest BCUT2D eigenvalue weighted by Gasteiger charge is -2.26. The fourth-order valence-corrected chi connectivity index (χ4v) is 1.16. The molecule has 1 saturated heterocycles. The molecule has 0 amide bonds. The first-order chi connectivity index (χ1) is 5.36. The highest BCUT2D eigenvalue weighted by atomic mass is 16.5. The number of hydrogen-bond donors (Lipinski definition) is 1. The van der Waals surface area contributed by atoms with Crippen molar-refractivity contribution in [1.29, 1.82) is 0 Å². The van der Waals surface area contributed by atoms with Crippen molar-refractivity contribution in [3.63, 3.8) is 0 Å². The summed E-state index contributed by atoms with van der Waals surface area (Å²) in [6.07, 6.45) is 3.08. The van der Waals surface area contributed by atoms with E-state index in [1.807, 2.05) is 12.1 Å². The van der Waals surface area contributed by atoms with Crippen LogP contribution >= 0.6 is 0 Å². The van der Waals surface area contributed by atoms with Crippen molar-refractivity contribution in [2.24, 2.45) is 0 Å². The Bertz CT molecular complexity index is 258. The zero-order valence-electron chi connectivity index (χ0n) is 6.16. The van der Waals surface area contributed by atoms with Gasteiger partial charge in [0.05, 0.1) is 12.7 Å². The van der Waals surface area contributed by atoms with Crippen molar-refractivity contribution in [3.05, 3.63) is 23.9 Å². The number of aromatic nitrogens is 1. The smallest absolute Gasteiger partial charge is 0.123 e. The number of hydrogen-bond acceptors (Lipinski definition) is 3. The lowest BCUT2D eigenvalue weighted by molar-refractivity contribution is -0.0527. The van der Waals surface area contributed by atoms with Gasteiger partial charge in [-0.3, -0.25) is 0 Å². The standard InChI is InChI=1S/C8H10N2O/c9-8-5-6(1-3-10-8)7-2-4-11-7/h1,3,5,7H,2,4H2,(H2,9,10). The molecule has 1 aliphatic heterocycles. The summed E-state index contributed by atoms with van der Waals surface area (Å²) >= 11 is 0. The van der Waals surface area contributed by atoms with E-state index >= 15 is 0 Å². The molecule has 0 aromatic carbocycles. The first kappa shape index (κ1) is 6.61. The normalized spacial score (nSPS) is 22.7. The number of anilines is 1. The van der Waals surface area contributed by atoms with Gasteiger partial charge < -0.3 is 10.5 Å². The minimum Gasteiger partial charge on any atom is -0.384 e. The van der Waals surface area contributed by atoms with Crippen LogP contribution in [0.1, 0.15) is 18.1 Å². The topological polar surface area (TPSA) is 48.1 Å². The van der Waals surface area contributed by atoms with E-state index in [0.29, 0.717) is 5.82 Å². The average molecular weight is 150 g/mol. The van der Waals surface area contributed by atoms with Crippen molar-refractivity contribution < 1.29 is 4.74 Å². The summed E-state index contributed by atoms with van der Waals surface area (Å²) in [5.41, 5.74) is 6.65. The molecule has 0 bridgehead atoms. The van der Waals surface area contributed by atoms with Crippen LogP contribution in [0.4, 0.5) is 5.82 Å². The predicted octanol–water partition coefficient (Wildman–Crippen LogP) is 1.13. The molecule has 0 saturated carbocycles. The lowest BCUT2D eigenvalue weighted by Crippen LogP contribution is -2.18. The third-order valence-corrected chi connectivity index (χ3v) is 1.88. The fraction of sp³-hybridized carbons (Fsp3) is 0.375. The summed E-state index contributed by atoms with van der Waals surface area (Å²) in [5.74, 6) is 0.568. The molecule has 1 aromatic heterocycles. The summed E-state index contributed by atoms with van der Waals surface area (Å²) in [4.78, 5) is 3.90. The Morgan fingerprint density at radius 3 is 3.00 bits per heavy atom. The van der Waals surface area contributed by atoms with E-state index in [2.05, 4.69) is 4.98 Å². The Morgan fingerprint density at radius 2 is 2.45 bits per heavy atom. The molecule has 1 unspecified atom stereocenters. The van der Waals surface area contributed by atoms with Crippen molar-refractivity contribution in [2.75, 3.05) is 12.3 Å². The molecule has 1 atom stereocenters. The van der Waals surface area contributed by atoms with Crippen LogP contribution in [0.5, 0.6) is 0 Å². The van der Waals surface area contributed by atoms with Gasteiger partial charge in [0.1, 0.15) is 5.82 Å². The van der Waals surface area contributed by atoms with E-state index in [-0.39, 0.29) is 6.10 Å². The number of ether oxygens (including phenoxy) is 1. The van der Waals surface area contributed by atoms with Crippen LogP contribution in [-0.2, 0) is 4.74 Å². The van der Waals surface area contributed by atoms with Gasteiger partial charge in [0.25, 0.3) is 0 Å². The van der Waals surface area contributed by atoms with Crippen molar-refractivity contribution in [2.45, 2.75) is 12.5 Å². The molecule has 0 spiro atoms. The van der Waals surface area contributed by atoms with E-state index in [0.717, 1.165) is 18.6 Å². The highest BCUT2D eigenvalue weighted by molar-refractivity contribution is 5.33. The highest BCUT2D eigenvalue weighted by Crippen LogP contribution is 2.29. The van der Waals surface area contributed by atoms with Gasteiger partial charge in [0.2, 0.25) is 0 Å². The number of pyridine rings is 1. The van der Waals surface area contributed by atoms with E-state index in [1.165, 1.54) is 0 Å². The summed E-state index contributed by atoms with van der Waals surface area (Å²) in [6.45, 7) is 0.868. The Balaban J connectivity index is 2.23. The summed E-state index contributed by atoms with van der Waals surface area (Å²) < 4.78 is 5.29. The Morgan fingerprint density at radius 1 is 1.64 bits per heavy atom. The van der Waals surface area contributed by atoms with Crippen LogP contribution in [-0.4, -0.2) is 11.6 Å². The third kappa shape index (κ3) is 1.19. The van der Waals surface area contributed by atoms with Gasteiger partial charge >= 0.3 is 0 Å². The van der Waals surface area contributed by atoms with Gasteiger partial charge in [-0.1, -0.05) is 0 Å². The van der Waals surface area contributed by atoms with E-state index < -0.39 is 0 Å². The summed E-state index contributed by atoms with van der Waals surface area (Å²) in [7, 11) is 0. The molecule has 3 heteroatoms.